The maximum absolute atomic E-state index is 8.57. The van der Waals surface area contributed by atoms with Crippen molar-refractivity contribution in [2.75, 3.05) is 0 Å². The first-order chi connectivity index (χ1) is 5.81. The predicted molar refractivity (Wildman–Crippen MR) is 46.3 cm³/mol. The van der Waals surface area contributed by atoms with Crippen molar-refractivity contribution < 1.29 is 0 Å². The number of aromatic nitrogens is 3. The molecule has 2 rings (SSSR count). The molecule has 0 radical (unpaired) electrons. The second-order valence-electron chi connectivity index (χ2n) is 2.24. The highest BCUT2D eigenvalue weighted by Gasteiger charge is 2.03. The Hall–Kier alpha value is -1.41. The van der Waals surface area contributed by atoms with E-state index in [0.29, 0.717) is 5.69 Å². The number of hydrogen-bond donors (Lipinski definition) is 1. The molecule has 0 amide bonds. The van der Waals surface area contributed by atoms with E-state index >= 15 is 0 Å². The van der Waals surface area contributed by atoms with Crippen molar-refractivity contribution in [3.8, 4) is 6.07 Å². The molecule has 0 saturated heterocycles. The molecule has 0 unspecified atom stereocenters. The highest BCUT2D eigenvalue weighted by molar-refractivity contribution is 9.10. The summed E-state index contributed by atoms with van der Waals surface area (Å²) >= 11 is 3.27. The zero-order valence-corrected chi connectivity index (χ0v) is 7.46. The van der Waals surface area contributed by atoms with E-state index in [1.807, 2.05) is 6.07 Å². The molecule has 0 spiro atoms. The fourth-order valence-electron chi connectivity index (χ4n) is 0.944. The molecule has 2 aromatic heterocycles. The van der Waals surface area contributed by atoms with E-state index in [1.54, 1.807) is 12.3 Å². The zero-order valence-electron chi connectivity index (χ0n) is 5.87. The fraction of sp³-hybridized carbons (Fsp3) is 0. The Morgan fingerprint density at radius 2 is 2.42 bits per heavy atom. The number of pyridine rings is 1. The Morgan fingerprint density at radius 1 is 1.58 bits per heavy atom. The molecule has 1 N–H and O–H groups in total. The molecule has 12 heavy (non-hydrogen) atoms. The average Bonchev–Trinajstić information content (AvgIpc) is 2.47. The van der Waals surface area contributed by atoms with Gasteiger partial charge in [0.05, 0.1) is 6.20 Å². The van der Waals surface area contributed by atoms with Crippen LogP contribution in [0.3, 0.4) is 0 Å². The second kappa shape index (κ2) is 2.57. The molecule has 0 bridgehead atoms. The molecule has 58 valence electrons. The van der Waals surface area contributed by atoms with Crippen LogP contribution in [0.5, 0.6) is 0 Å². The standard InChI is InChI=1S/C7H3BrN4/c8-7-5-1-4(2-9)10-3-6(5)11-12-7/h1,3H,(H,11,12). The van der Waals surface area contributed by atoms with Gasteiger partial charge in [-0.3, -0.25) is 5.10 Å². The molecule has 5 heteroatoms. The van der Waals surface area contributed by atoms with Gasteiger partial charge in [0, 0.05) is 5.39 Å². The summed E-state index contributed by atoms with van der Waals surface area (Å²) in [5, 5.41) is 16.1. The van der Waals surface area contributed by atoms with Gasteiger partial charge in [-0.25, -0.2) is 4.98 Å². The number of H-pyrrole nitrogens is 1. The van der Waals surface area contributed by atoms with Gasteiger partial charge in [0.1, 0.15) is 21.9 Å². The summed E-state index contributed by atoms with van der Waals surface area (Å²) in [5.74, 6) is 0. The van der Waals surface area contributed by atoms with Crippen LogP contribution in [0.1, 0.15) is 5.69 Å². The summed E-state index contributed by atoms with van der Waals surface area (Å²) in [5.41, 5.74) is 1.14. The molecule has 0 aliphatic heterocycles. The lowest BCUT2D eigenvalue weighted by Gasteiger charge is -1.87. The SMILES string of the molecule is N#Cc1cc2c(Br)[nH]nc2cn1. The molecule has 0 saturated carbocycles. The molecular formula is C7H3BrN4. The molecule has 0 atom stereocenters. The summed E-state index contributed by atoms with van der Waals surface area (Å²) in [7, 11) is 0. The highest BCUT2D eigenvalue weighted by atomic mass is 79.9. The predicted octanol–water partition coefficient (Wildman–Crippen LogP) is 1.59. The highest BCUT2D eigenvalue weighted by Crippen LogP contribution is 2.19. The summed E-state index contributed by atoms with van der Waals surface area (Å²) in [6, 6.07) is 3.65. The topological polar surface area (TPSA) is 65.4 Å². The van der Waals surface area contributed by atoms with Crippen molar-refractivity contribution in [2.45, 2.75) is 0 Å². The van der Waals surface area contributed by atoms with Gasteiger partial charge in [-0.15, -0.1) is 0 Å². The first-order valence-electron chi connectivity index (χ1n) is 3.21. The Bertz CT molecular complexity index is 468. The van der Waals surface area contributed by atoms with E-state index in [9.17, 15) is 0 Å². The van der Waals surface area contributed by atoms with Crippen LogP contribution < -0.4 is 0 Å². The smallest absolute Gasteiger partial charge is 0.141 e. The summed E-state index contributed by atoms with van der Waals surface area (Å²) in [4.78, 5) is 3.87. The number of halogens is 1. The van der Waals surface area contributed by atoms with Gasteiger partial charge >= 0.3 is 0 Å². The quantitative estimate of drug-likeness (QED) is 0.737. The molecule has 0 aliphatic carbocycles. The maximum Gasteiger partial charge on any atom is 0.141 e. The van der Waals surface area contributed by atoms with Crippen molar-refractivity contribution in [3.63, 3.8) is 0 Å². The molecule has 0 aliphatic rings. The summed E-state index contributed by atoms with van der Waals surface area (Å²) < 4.78 is 0.774. The number of hydrogen-bond acceptors (Lipinski definition) is 3. The van der Waals surface area contributed by atoms with Crippen LogP contribution in [0, 0.1) is 11.3 Å². The van der Waals surface area contributed by atoms with Crippen molar-refractivity contribution in [1.82, 2.24) is 15.2 Å². The third-order valence-electron chi connectivity index (χ3n) is 1.51. The van der Waals surface area contributed by atoms with Crippen LogP contribution in [0.25, 0.3) is 10.9 Å². The minimum atomic E-state index is 0.393. The van der Waals surface area contributed by atoms with Crippen molar-refractivity contribution in [2.24, 2.45) is 0 Å². The van der Waals surface area contributed by atoms with Crippen LogP contribution in [0.15, 0.2) is 16.9 Å². The largest absolute Gasteiger partial charge is 0.270 e. The molecule has 0 fully saturated rings. The van der Waals surface area contributed by atoms with Crippen LogP contribution in [0.2, 0.25) is 0 Å². The van der Waals surface area contributed by atoms with Crippen LogP contribution in [0.4, 0.5) is 0 Å². The van der Waals surface area contributed by atoms with E-state index in [0.717, 1.165) is 15.5 Å². The van der Waals surface area contributed by atoms with E-state index in [4.69, 9.17) is 5.26 Å². The van der Waals surface area contributed by atoms with E-state index in [-0.39, 0.29) is 0 Å². The fourth-order valence-corrected chi connectivity index (χ4v) is 1.35. The third kappa shape index (κ3) is 0.970. The van der Waals surface area contributed by atoms with Crippen molar-refractivity contribution in [1.29, 1.82) is 5.26 Å². The minimum Gasteiger partial charge on any atom is -0.270 e. The third-order valence-corrected chi connectivity index (χ3v) is 2.11. The van der Waals surface area contributed by atoms with Gasteiger partial charge < -0.3 is 0 Å². The number of rotatable bonds is 0. The van der Waals surface area contributed by atoms with Crippen LogP contribution in [-0.4, -0.2) is 15.2 Å². The van der Waals surface area contributed by atoms with Gasteiger partial charge in [-0.05, 0) is 22.0 Å². The van der Waals surface area contributed by atoms with Crippen molar-refractivity contribution >= 4 is 26.8 Å². The number of nitrogens with zero attached hydrogens (tertiary/aromatic N) is 3. The Morgan fingerprint density at radius 3 is 3.17 bits per heavy atom. The minimum absolute atomic E-state index is 0.393. The van der Waals surface area contributed by atoms with Crippen molar-refractivity contribution in [3.05, 3.63) is 22.6 Å². The average molecular weight is 223 g/mol. The molecule has 2 aromatic rings. The second-order valence-corrected chi connectivity index (χ2v) is 3.03. The van der Waals surface area contributed by atoms with E-state index in [1.165, 1.54) is 0 Å². The number of nitriles is 1. The van der Waals surface area contributed by atoms with Crippen LogP contribution >= 0.6 is 15.9 Å². The normalized spacial score (nSPS) is 10.0. The lowest BCUT2D eigenvalue weighted by molar-refractivity contribution is 1.09. The van der Waals surface area contributed by atoms with Gasteiger partial charge in [0.25, 0.3) is 0 Å². The lowest BCUT2D eigenvalue weighted by Crippen LogP contribution is -1.80. The first-order valence-corrected chi connectivity index (χ1v) is 4.00. The summed E-state index contributed by atoms with van der Waals surface area (Å²) in [6.07, 6.45) is 1.56. The maximum atomic E-state index is 8.57. The van der Waals surface area contributed by atoms with E-state index < -0.39 is 0 Å². The molecule has 2 heterocycles. The summed E-state index contributed by atoms with van der Waals surface area (Å²) in [6.45, 7) is 0. The van der Waals surface area contributed by atoms with E-state index in [2.05, 4.69) is 31.1 Å². The molecule has 0 aromatic carbocycles. The molecule has 4 nitrogen and oxygen atoms in total. The van der Waals surface area contributed by atoms with Gasteiger partial charge in [0.2, 0.25) is 0 Å². The number of fused-ring (bicyclic) bond motifs is 1. The number of aromatic amines is 1. The lowest BCUT2D eigenvalue weighted by atomic mass is 10.3. The Labute approximate surface area is 76.4 Å². The zero-order chi connectivity index (χ0) is 8.55. The Kier molecular flexibility index (Phi) is 1.55. The monoisotopic (exact) mass is 222 g/mol. The van der Waals surface area contributed by atoms with Gasteiger partial charge in [0.15, 0.2) is 0 Å². The number of nitrogens with one attached hydrogen (secondary N) is 1. The Balaban J connectivity index is 2.82. The van der Waals surface area contributed by atoms with Crippen LogP contribution in [-0.2, 0) is 0 Å². The molecular weight excluding hydrogens is 220 g/mol. The first kappa shape index (κ1) is 7.25. The van der Waals surface area contributed by atoms with Gasteiger partial charge in [-0.1, -0.05) is 0 Å². The van der Waals surface area contributed by atoms with Gasteiger partial charge in [-0.2, -0.15) is 10.4 Å².